The van der Waals surface area contributed by atoms with Gasteiger partial charge in [0.1, 0.15) is 0 Å². The molecule has 0 bridgehead atoms. The third kappa shape index (κ3) is 3.05. The Morgan fingerprint density at radius 1 is 1.39 bits per heavy atom. The van der Waals surface area contributed by atoms with Gasteiger partial charge in [0.2, 0.25) is 0 Å². The highest BCUT2D eigenvalue weighted by atomic mass is 32.1. The topological polar surface area (TPSA) is 18.5 Å². The number of thiophene rings is 1. The molecule has 1 aromatic heterocycles. The van der Waals surface area contributed by atoms with Crippen molar-refractivity contribution < 1.29 is 0 Å². The van der Waals surface area contributed by atoms with Crippen LogP contribution in [0.15, 0.2) is 11.4 Å². The molecule has 1 aromatic rings. The van der Waals surface area contributed by atoms with Gasteiger partial charge in [-0.25, -0.2) is 0 Å². The minimum Gasteiger partial charge on any atom is -0.364 e. The van der Waals surface area contributed by atoms with Crippen molar-refractivity contribution in [3.8, 4) is 0 Å². The normalized spacial score (nSPS) is 18.0. The van der Waals surface area contributed by atoms with E-state index in [2.05, 4.69) is 54.4 Å². The van der Waals surface area contributed by atoms with Crippen molar-refractivity contribution in [2.45, 2.75) is 26.3 Å². The van der Waals surface area contributed by atoms with E-state index in [1.807, 2.05) is 11.3 Å². The van der Waals surface area contributed by atoms with Gasteiger partial charge in [-0.3, -0.25) is 4.90 Å². The lowest BCUT2D eigenvalue weighted by molar-refractivity contribution is 0.109. The second-order valence-electron chi connectivity index (χ2n) is 5.81. The number of anilines is 1. The fourth-order valence-electron chi connectivity index (χ4n) is 2.78. The number of nitrogens with one attached hydrogen (secondary N) is 1. The second kappa shape index (κ2) is 5.59. The Morgan fingerprint density at radius 3 is 2.61 bits per heavy atom. The fraction of sp³-hybridized carbons (Fsp3) is 0.714. The third-order valence-corrected chi connectivity index (χ3v) is 4.91. The third-order valence-electron chi connectivity index (χ3n) is 3.78. The summed E-state index contributed by atoms with van der Waals surface area (Å²) in [5.74, 6) is 0. The summed E-state index contributed by atoms with van der Waals surface area (Å²) in [5.41, 5.74) is 1.62. The van der Waals surface area contributed by atoms with Crippen LogP contribution in [0.25, 0.3) is 0 Å². The lowest BCUT2D eigenvalue weighted by Gasteiger charge is -2.43. The van der Waals surface area contributed by atoms with Crippen LogP contribution >= 0.6 is 11.3 Å². The number of hydrogen-bond donors (Lipinski definition) is 1. The zero-order valence-electron chi connectivity index (χ0n) is 12.0. The summed E-state index contributed by atoms with van der Waals surface area (Å²) >= 11 is 1.84. The van der Waals surface area contributed by atoms with Gasteiger partial charge in [0.15, 0.2) is 0 Å². The van der Waals surface area contributed by atoms with Crippen LogP contribution < -0.4 is 10.2 Å². The van der Waals surface area contributed by atoms with E-state index in [0.29, 0.717) is 0 Å². The molecule has 18 heavy (non-hydrogen) atoms. The Morgan fingerprint density at radius 2 is 2.06 bits per heavy atom. The first kappa shape index (κ1) is 13.8. The Hall–Kier alpha value is -0.580. The standard InChI is InChI=1S/C14H25N3S/c1-12-5-10-18-13(12)16(4)11-14(2,3)17-8-6-15-7-9-17/h5,10,15H,6-9,11H2,1-4H3. The molecule has 0 atom stereocenters. The molecule has 0 saturated carbocycles. The molecular weight excluding hydrogens is 242 g/mol. The quantitative estimate of drug-likeness (QED) is 0.902. The lowest BCUT2D eigenvalue weighted by Crippen LogP contribution is -2.57. The maximum atomic E-state index is 3.42. The summed E-state index contributed by atoms with van der Waals surface area (Å²) in [5, 5.41) is 7.00. The highest BCUT2D eigenvalue weighted by molar-refractivity contribution is 7.14. The fourth-order valence-corrected chi connectivity index (χ4v) is 3.68. The molecule has 0 unspecified atom stereocenters. The van der Waals surface area contributed by atoms with Crippen LogP contribution in [0.5, 0.6) is 0 Å². The molecule has 0 aromatic carbocycles. The van der Waals surface area contributed by atoms with E-state index in [0.717, 1.165) is 32.7 Å². The summed E-state index contributed by atoms with van der Waals surface area (Å²) in [7, 11) is 2.21. The van der Waals surface area contributed by atoms with Crippen LogP contribution in [0.3, 0.4) is 0 Å². The van der Waals surface area contributed by atoms with Crippen molar-refractivity contribution in [1.82, 2.24) is 10.2 Å². The van der Waals surface area contributed by atoms with Crippen LogP contribution in [-0.2, 0) is 0 Å². The van der Waals surface area contributed by atoms with Crippen molar-refractivity contribution in [3.63, 3.8) is 0 Å². The number of rotatable bonds is 4. The molecule has 2 rings (SSSR count). The van der Waals surface area contributed by atoms with Gasteiger partial charge in [-0.1, -0.05) is 0 Å². The van der Waals surface area contributed by atoms with Crippen molar-refractivity contribution in [3.05, 3.63) is 17.0 Å². The Balaban J connectivity index is 2.00. The number of aryl methyl sites for hydroxylation is 1. The molecule has 0 amide bonds. The average molecular weight is 267 g/mol. The van der Waals surface area contributed by atoms with Crippen LogP contribution in [0.1, 0.15) is 19.4 Å². The highest BCUT2D eigenvalue weighted by Gasteiger charge is 2.29. The monoisotopic (exact) mass is 267 g/mol. The zero-order valence-corrected chi connectivity index (χ0v) is 12.8. The van der Waals surface area contributed by atoms with E-state index >= 15 is 0 Å². The van der Waals surface area contributed by atoms with Crippen molar-refractivity contribution in [1.29, 1.82) is 0 Å². The van der Waals surface area contributed by atoms with Crippen LogP contribution in [0.2, 0.25) is 0 Å². The lowest BCUT2D eigenvalue weighted by atomic mass is 10.0. The van der Waals surface area contributed by atoms with Gasteiger partial charge in [-0.2, -0.15) is 0 Å². The van der Waals surface area contributed by atoms with Crippen molar-refractivity contribution in [2.75, 3.05) is 44.7 Å². The first-order valence-electron chi connectivity index (χ1n) is 6.72. The van der Waals surface area contributed by atoms with E-state index in [1.54, 1.807) is 0 Å². The molecule has 1 fully saturated rings. The SMILES string of the molecule is Cc1ccsc1N(C)CC(C)(C)N1CCNCC1. The number of nitrogens with zero attached hydrogens (tertiary/aromatic N) is 2. The van der Waals surface area contributed by atoms with Crippen LogP contribution in [-0.4, -0.2) is 50.2 Å². The number of piperazine rings is 1. The van der Waals surface area contributed by atoms with E-state index in [4.69, 9.17) is 0 Å². The molecular formula is C14H25N3S. The van der Waals surface area contributed by atoms with Crippen molar-refractivity contribution >= 4 is 16.3 Å². The Kier molecular flexibility index (Phi) is 4.30. The zero-order chi connectivity index (χ0) is 13.2. The number of hydrogen-bond acceptors (Lipinski definition) is 4. The molecule has 0 radical (unpaired) electrons. The van der Waals surface area contributed by atoms with Gasteiger partial charge in [-0.05, 0) is 37.8 Å². The Labute approximate surface area is 115 Å². The largest absolute Gasteiger partial charge is 0.364 e. The summed E-state index contributed by atoms with van der Waals surface area (Å²) in [4.78, 5) is 5.00. The predicted molar refractivity (Wildman–Crippen MR) is 80.8 cm³/mol. The molecule has 102 valence electrons. The predicted octanol–water partition coefficient (Wildman–Crippen LogP) is 2.18. The van der Waals surface area contributed by atoms with Gasteiger partial charge >= 0.3 is 0 Å². The molecule has 0 spiro atoms. The molecule has 2 heterocycles. The van der Waals surface area contributed by atoms with Gasteiger partial charge < -0.3 is 10.2 Å². The van der Waals surface area contributed by atoms with E-state index in [9.17, 15) is 0 Å². The van der Waals surface area contributed by atoms with Gasteiger partial charge in [0.25, 0.3) is 0 Å². The van der Waals surface area contributed by atoms with Gasteiger partial charge in [0, 0.05) is 45.3 Å². The van der Waals surface area contributed by atoms with E-state index in [1.165, 1.54) is 10.6 Å². The summed E-state index contributed by atoms with van der Waals surface area (Å²) < 4.78 is 0. The summed E-state index contributed by atoms with van der Waals surface area (Å²) in [6.07, 6.45) is 0. The minimum absolute atomic E-state index is 0.229. The maximum absolute atomic E-state index is 3.42. The summed E-state index contributed by atoms with van der Waals surface area (Å²) in [6.45, 7) is 12.5. The molecule has 4 heteroatoms. The molecule has 1 aliphatic heterocycles. The van der Waals surface area contributed by atoms with Crippen LogP contribution in [0, 0.1) is 6.92 Å². The molecule has 1 saturated heterocycles. The van der Waals surface area contributed by atoms with E-state index < -0.39 is 0 Å². The Bertz CT molecular complexity index is 380. The first-order valence-corrected chi connectivity index (χ1v) is 7.60. The smallest absolute Gasteiger partial charge is 0.0936 e. The molecule has 1 N–H and O–H groups in total. The second-order valence-corrected chi connectivity index (χ2v) is 6.71. The number of likely N-dealkylation sites (N-methyl/N-ethyl adjacent to an activating group) is 1. The molecule has 1 aliphatic rings. The summed E-state index contributed by atoms with van der Waals surface area (Å²) in [6, 6.07) is 2.20. The first-order chi connectivity index (χ1) is 8.50. The highest BCUT2D eigenvalue weighted by Crippen LogP contribution is 2.28. The average Bonchev–Trinajstić information content (AvgIpc) is 2.76. The van der Waals surface area contributed by atoms with E-state index in [-0.39, 0.29) is 5.54 Å². The minimum atomic E-state index is 0.229. The molecule has 3 nitrogen and oxygen atoms in total. The van der Waals surface area contributed by atoms with Crippen LogP contribution in [0.4, 0.5) is 5.00 Å². The maximum Gasteiger partial charge on any atom is 0.0936 e. The van der Waals surface area contributed by atoms with Gasteiger partial charge in [0.05, 0.1) is 5.00 Å². The van der Waals surface area contributed by atoms with Gasteiger partial charge in [-0.15, -0.1) is 11.3 Å². The molecule has 0 aliphatic carbocycles. The van der Waals surface area contributed by atoms with Crippen molar-refractivity contribution in [2.24, 2.45) is 0 Å².